The van der Waals surface area contributed by atoms with Gasteiger partial charge in [0.25, 0.3) is 0 Å². The normalized spacial score (nSPS) is 18.5. The van der Waals surface area contributed by atoms with Crippen molar-refractivity contribution in [3.05, 3.63) is 126 Å². The van der Waals surface area contributed by atoms with Gasteiger partial charge in [0.15, 0.2) is 11.4 Å². The molecule has 3 heterocycles. The Balaban J connectivity index is 1.32. The van der Waals surface area contributed by atoms with E-state index in [2.05, 4.69) is 90.7 Å². The molecular formula is C35H31N3O. The second kappa shape index (κ2) is 9.70. The molecular weight excluding hydrogens is 478 g/mol. The summed E-state index contributed by atoms with van der Waals surface area (Å²) in [7, 11) is 0. The predicted octanol–water partition coefficient (Wildman–Crippen LogP) is 7.94. The number of hydrogen-bond acceptors (Lipinski definition) is 4. The highest BCUT2D eigenvalue weighted by Crippen LogP contribution is 2.44. The lowest BCUT2D eigenvalue weighted by Crippen LogP contribution is -2.34. The van der Waals surface area contributed by atoms with Crippen LogP contribution in [-0.2, 0) is 5.60 Å². The fraction of sp³-hybridized carbons (Fsp3) is 0.200. The van der Waals surface area contributed by atoms with Crippen molar-refractivity contribution < 1.29 is 4.74 Å². The third-order valence-corrected chi connectivity index (χ3v) is 8.05. The molecule has 4 nitrogen and oxygen atoms in total. The molecule has 7 rings (SSSR count). The lowest BCUT2D eigenvalue weighted by molar-refractivity contribution is 0.161. The zero-order valence-electron chi connectivity index (χ0n) is 22.2. The molecule has 192 valence electrons. The van der Waals surface area contributed by atoms with E-state index in [1.807, 2.05) is 30.3 Å². The highest BCUT2D eigenvalue weighted by Gasteiger charge is 2.37. The quantitative estimate of drug-likeness (QED) is 0.246. The van der Waals surface area contributed by atoms with E-state index in [-0.39, 0.29) is 0 Å². The molecule has 0 radical (unpaired) electrons. The molecule has 1 atom stereocenters. The zero-order chi connectivity index (χ0) is 26.2. The van der Waals surface area contributed by atoms with Crippen molar-refractivity contribution in [2.75, 3.05) is 18.0 Å². The molecule has 4 heteroatoms. The summed E-state index contributed by atoms with van der Waals surface area (Å²) in [6, 6.07) is 33.7. The SMILES string of the molecule is Cc1nc(-c2ccccc2)nc2ccc3c(c12)C=CC(c1ccccc1)(c1ccc(N2CCCCC2)cc1)O3. The number of nitrogens with zero attached hydrogens (tertiary/aromatic N) is 3. The topological polar surface area (TPSA) is 38.2 Å². The first-order chi connectivity index (χ1) is 19.2. The molecule has 39 heavy (non-hydrogen) atoms. The average Bonchev–Trinajstić information content (AvgIpc) is 3.02. The van der Waals surface area contributed by atoms with Gasteiger partial charge >= 0.3 is 0 Å². The van der Waals surface area contributed by atoms with Gasteiger partial charge in [0, 0.05) is 52.1 Å². The third kappa shape index (κ3) is 4.17. The van der Waals surface area contributed by atoms with Gasteiger partial charge in [0.05, 0.1) is 5.52 Å². The lowest BCUT2D eigenvalue weighted by atomic mass is 9.83. The van der Waals surface area contributed by atoms with Crippen molar-refractivity contribution in [2.24, 2.45) is 0 Å². The Morgan fingerprint density at radius 2 is 1.41 bits per heavy atom. The fourth-order valence-corrected chi connectivity index (χ4v) is 6.03. The summed E-state index contributed by atoms with van der Waals surface area (Å²) in [5, 5.41) is 1.03. The minimum absolute atomic E-state index is 0.721. The highest BCUT2D eigenvalue weighted by atomic mass is 16.5. The summed E-state index contributed by atoms with van der Waals surface area (Å²) in [5.41, 5.74) is 6.70. The Hall–Kier alpha value is -4.44. The van der Waals surface area contributed by atoms with Crippen LogP contribution in [0.15, 0.2) is 103 Å². The molecule has 0 bridgehead atoms. The van der Waals surface area contributed by atoms with Crippen molar-refractivity contribution in [2.45, 2.75) is 31.8 Å². The van der Waals surface area contributed by atoms with Crippen molar-refractivity contribution in [1.82, 2.24) is 9.97 Å². The van der Waals surface area contributed by atoms with E-state index in [0.29, 0.717) is 0 Å². The van der Waals surface area contributed by atoms with Gasteiger partial charge in [0.1, 0.15) is 5.75 Å². The van der Waals surface area contributed by atoms with Gasteiger partial charge in [-0.25, -0.2) is 9.97 Å². The zero-order valence-corrected chi connectivity index (χ0v) is 22.2. The first kappa shape index (κ1) is 23.7. The number of piperidine rings is 1. The van der Waals surface area contributed by atoms with Crippen molar-refractivity contribution in [3.8, 4) is 17.1 Å². The second-order valence-electron chi connectivity index (χ2n) is 10.5. The Kier molecular flexibility index (Phi) is 5.89. The van der Waals surface area contributed by atoms with E-state index < -0.39 is 5.60 Å². The van der Waals surface area contributed by atoms with Crippen LogP contribution < -0.4 is 9.64 Å². The van der Waals surface area contributed by atoms with Gasteiger partial charge in [-0.2, -0.15) is 0 Å². The monoisotopic (exact) mass is 509 g/mol. The largest absolute Gasteiger partial charge is 0.473 e. The summed E-state index contributed by atoms with van der Waals surface area (Å²) in [6.07, 6.45) is 8.26. The van der Waals surface area contributed by atoms with Gasteiger partial charge in [0.2, 0.25) is 0 Å². The van der Waals surface area contributed by atoms with Gasteiger partial charge in [-0.3, -0.25) is 0 Å². The van der Waals surface area contributed by atoms with E-state index >= 15 is 0 Å². The molecule has 1 unspecified atom stereocenters. The van der Waals surface area contributed by atoms with Crippen LogP contribution in [0.25, 0.3) is 28.4 Å². The maximum absolute atomic E-state index is 7.00. The van der Waals surface area contributed by atoms with Gasteiger partial charge < -0.3 is 9.64 Å². The van der Waals surface area contributed by atoms with Crippen LogP contribution in [-0.4, -0.2) is 23.1 Å². The molecule has 1 fully saturated rings. The molecule has 0 N–H and O–H groups in total. The molecule has 5 aromatic rings. The number of fused-ring (bicyclic) bond motifs is 3. The van der Waals surface area contributed by atoms with Crippen LogP contribution in [0.1, 0.15) is 41.6 Å². The number of rotatable bonds is 4. The number of ether oxygens (including phenoxy) is 1. The van der Waals surface area contributed by atoms with Gasteiger partial charge in [-0.05, 0) is 62.6 Å². The van der Waals surface area contributed by atoms with E-state index in [9.17, 15) is 0 Å². The van der Waals surface area contributed by atoms with E-state index in [1.165, 1.54) is 24.9 Å². The molecule has 1 aromatic heterocycles. The van der Waals surface area contributed by atoms with Crippen LogP contribution >= 0.6 is 0 Å². The molecule has 0 spiro atoms. The highest BCUT2D eigenvalue weighted by molar-refractivity contribution is 5.94. The third-order valence-electron chi connectivity index (χ3n) is 8.05. The maximum Gasteiger partial charge on any atom is 0.178 e. The number of benzene rings is 4. The average molecular weight is 510 g/mol. The minimum atomic E-state index is -0.721. The smallest absolute Gasteiger partial charge is 0.178 e. The summed E-state index contributed by atoms with van der Waals surface area (Å²) < 4.78 is 7.00. The fourth-order valence-electron chi connectivity index (χ4n) is 6.03. The predicted molar refractivity (Wildman–Crippen MR) is 159 cm³/mol. The first-order valence-corrected chi connectivity index (χ1v) is 13.9. The molecule has 0 aliphatic carbocycles. The second-order valence-corrected chi connectivity index (χ2v) is 10.5. The minimum Gasteiger partial charge on any atom is -0.473 e. The van der Waals surface area contributed by atoms with Crippen LogP contribution in [0.3, 0.4) is 0 Å². The standard InChI is InChI=1S/C35H31N3O/c1-25-33-30-21-22-35(27-13-7-3-8-14-27,28-15-17-29(18-16-28)38-23-9-4-10-24-38)39-32(30)20-19-31(33)37-34(36-25)26-11-5-2-6-12-26/h2-3,5-8,11-22H,4,9-10,23-24H2,1H3. The molecule has 1 saturated heterocycles. The summed E-state index contributed by atoms with van der Waals surface area (Å²) in [4.78, 5) is 12.3. The van der Waals surface area contributed by atoms with E-state index in [4.69, 9.17) is 14.7 Å². The summed E-state index contributed by atoms with van der Waals surface area (Å²) in [6.45, 7) is 4.32. The number of aryl methyl sites for hydroxylation is 1. The van der Waals surface area contributed by atoms with Crippen LogP contribution in [0.4, 0.5) is 5.69 Å². The van der Waals surface area contributed by atoms with Gasteiger partial charge in [-0.1, -0.05) is 72.8 Å². The van der Waals surface area contributed by atoms with Crippen molar-refractivity contribution in [1.29, 1.82) is 0 Å². The molecule has 4 aromatic carbocycles. The van der Waals surface area contributed by atoms with Gasteiger partial charge in [-0.15, -0.1) is 0 Å². The van der Waals surface area contributed by atoms with E-state index in [1.54, 1.807) is 0 Å². The number of aromatic nitrogens is 2. The molecule has 0 saturated carbocycles. The Morgan fingerprint density at radius 1 is 0.718 bits per heavy atom. The molecule has 2 aliphatic heterocycles. The number of hydrogen-bond donors (Lipinski definition) is 0. The van der Waals surface area contributed by atoms with Crippen LogP contribution in [0, 0.1) is 6.92 Å². The van der Waals surface area contributed by atoms with Crippen LogP contribution in [0.5, 0.6) is 5.75 Å². The van der Waals surface area contributed by atoms with E-state index in [0.717, 1.165) is 63.5 Å². The maximum atomic E-state index is 7.00. The number of anilines is 1. The Bertz CT molecular complexity index is 1660. The summed E-state index contributed by atoms with van der Waals surface area (Å²) in [5.74, 6) is 1.59. The Labute approximate surface area is 229 Å². The lowest BCUT2D eigenvalue weighted by Gasteiger charge is -2.37. The first-order valence-electron chi connectivity index (χ1n) is 13.9. The van der Waals surface area contributed by atoms with Crippen molar-refractivity contribution in [3.63, 3.8) is 0 Å². The van der Waals surface area contributed by atoms with Crippen LogP contribution in [0.2, 0.25) is 0 Å². The van der Waals surface area contributed by atoms with Crippen molar-refractivity contribution >= 4 is 22.7 Å². The molecule has 2 aliphatic rings. The Morgan fingerprint density at radius 3 is 2.15 bits per heavy atom. The summed E-state index contributed by atoms with van der Waals surface area (Å²) >= 11 is 0. The molecule has 0 amide bonds.